The lowest BCUT2D eigenvalue weighted by molar-refractivity contribution is 0.583. The maximum atomic E-state index is 13.6. The summed E-state index contributed by atoms with van der Waals surface area (Å²) in [7, 11) is -1.51. The van der Waals surface area contributed by atoms with Crippen LogP contribution in [0.1, 0.15) is 30.5 Å². The molecule has 0 saturated carbocycles. The van der Waals surface area contributed by atoms with Gasteiger partial charge in [0.15, 0.2) is 5.96 Å². The summed E-state index contributed by atoms with van der Waals surface area (Å²) in [6, 6.07) is 5.02. The van der Waals surface area contributed by atoms with Gasteiger partial charge in [0, 0.05) is 20.1 Å². The van der Waals surface area contributed by atoms with Gasteiger partial charge in [-0.15, -0.1) is 24.0 Å². The lowest BCUT2D eigenvalue weighted by Gasteiger charge is -2.18. The molecule has 6 nitrogen and oxygen atoms in total. The van der Waals surface area contributed by atoms with Crippen LogP contribution in [-0.2, 0) is 10.0 Å². The van der Waals surface area contributed by atoms with Crippen LogP contribution in [-0.4, -0.2) is 40.8 Å². The average Bonchev–Trinajstić information content (AvgIpc) is 2.47. The largest absolute Gasteiger partial charge is 0.356 e. The van der Waals surface area contributed by atoms with Gasteiger partial charge in [0.05, 0.1) is 12.3 Å². The van der Waals surface area contributed by atoms with E-state index in [0.29, 0.717) is 31.0 Å². The van der Waals surface area contributed by atoms with Gasteiger partial charge in [-0.05, 0) is 37.5 Å². The molecule has 1 rings (SSSR count). The van der Waals surface area contributed by atoms with Gasteiger partial charge < -0.3 is 10.6 Å². The number of aliphatic imine (C=N–C) groups is 1. The minimum atomic E-state index is -3.15. The van der Waals surface area contributed by atoms with Gasteiger partial charge in [-0.2, -0.15) is 0 Å². The zero-order chi connectivity index (χ0) is 17.5. The van der Waals surface area contributed by atoms with Crippen molar-refractivity contribution in [3.05, 3.63) is 35.1 Å². The van der Waals surface area contributed by atoms with E-state index in [4.69, 9.17) is 0 Å². The molecule has 0 fully saturated rings. The Hall–Kier alpha value is -0.940. The van der Waals surface area contributed by atoms with E-state index in [9.17, 15) is 12.8 Å². The van der Waals surface area contributed by atoms with Crippen LogP contribution in [0.3, 0.4) is 0 Å². The van der Waals surface area contributed by atoms with Crippen LogP contribution in [0.4, 0.5) is 4.39 Å². The Morgan fingerprint density at radius 1 is 1.33 bits per heavy atom. The normalized spacial score (nSPS) is 13.1. The molecule has 0 saturated heterocycles. The van der Waals surface area contributed by atoms with Crippen molar-refractivity contribution in [1.82, 2.24) is 15.4 Å². The number of hydrogen-bond acceptors (Lipinski definition) is 3. The van der Waals surface area contributed by atoms with E-state index in [1.165, 1.54) is 6.07 Å². The monoisotopic (exact) mass is 472 g/mol. The molecule has 1 atom stereocenters. The predicted molar refractivity (Wildman–Crippen MR) is 107 cm³/mol. The number of sulfonamides is 1. The fourth-order valence-electron chi connectivity index (χ4n) is 1.91. The van der Waals surface area contributed by atoms with Crippen LogP contribution in [0.5, 0.6) is 0 Å². The van der Waals surface area contributed by atoms with Crippen molar-refractivity contribution in [1.29, 1.82) is 0 Å². The van der Waals surface area contributed by atoms with Crippen molar-refractivity contribution in [2.75, 3.05) is 26.4 Å². The van der Waals surface area contributed by atoms with Crippen LogP contribution in [0.15, 0.2) is 23.2 Å². The molecule has 0 aliphatic heterocycles. The molecule has 0 spiro atoms. The topological polar surface area (TPSA) is 82.6 Å². The highest BCUT2D eigenvalue weighted by Crippen LogP contribution is 2.16. The maximum Gasteiger partial charge on any atom is 0.208 e. The number of aryl methyl sites for hydroxylation is 1. The highest BCUT2D eigenvalue weighted by atomic mass is 127. The Balaban J connectivity index is 0.00000529. The molecule has 138 valence electrons. The second-order valence-corrected chi connectivity index (χ2v) is 7.23. The number of hydrogen-bond donors (Lipinski definition) is 3. The summed E-state index contributed by atoms with van der Waals surface area (Å²) in [5.41, 5.74) is 1.44. The van der Waals surface area contributed by atoms with E-state index in [1.54, 1.807) is 20.0 Å². The molecule has 1 aromatic rings. The smallest absolute Gasteiger partial charge is 0.208 e. The minimum Gasteiger partial charge on any atom is -0.356 e. The van der Waals surface area contributed by atoms with Crippen LogP contribution in [0, 0.1) is 12.7 Å². The molecule has 0 radical (unpaired) electrons. The van der Waals surface area contributed by atoms with Crippen molar-refractivity contribution >= 4 is 40.0 Å². The minimum absolute atomic E-state index is 0. The molecular weight excluding hydrogens is 446 g/mol. The third kappa shape index (κ3) is 8.78. The number of nitrogens with one attached hydrogen (secondary N) is 3. The summed E-state index contributed by atoms with van der Waals surface area (Å²) in [5, 5.41) is 6.26. The molecule has 0 aliphatic rings. The molecule has 0 bridgehead atoms. The summed E-state index contributed by atoms with van der Waals surface area (Å²) in [4.78, 5) is 4.10. The van der Waals surface area contributed by atoms with Crippen molar-refractivity contribution < 1.29 is 12.8 Å². The maximum absolute atomic E-state index is 13.6. The summed E-state index contributed by atoms with van der Waals surface area (Å²) >= 11 is 0. The molecule has 0 aliphatic carbocycles. The third-order valence-corrected chi connectivity index (χ3v) is 4.01. The van der Waals surface area contributed by atoms with Crippen LogP contribution < -0.4 is 15.4 Å². The van der Waals surface area contributed by atoms with Crippen LogP contribution >= 0.6 is 24.0 Å². The van der Waals surface area contributed by atoms with Gasteiger partial charge in [-0.3, -0.25) is 4.99 Å². The number of nitrogens with zero attached hydrogens (tertiary/aromatic N) is 1. The summed E-state index contributed by atoms with van der Waals surface area (Å²) < 4.78 is 37.9. The first-order chi connectivity index (χ1) is 10.7. The second-order valence-electron chi connectivity index (χ2n) is 5.39. The van der Waals surface area contributed by atoms with Gasteiger partial charge in [0.1, 0.15) is 5.82 Å². The molecule has 3 N–H and O–H groups in total. The molecule has 9 heteroatoms. The number of benzene rings is 1. The zero-order valence-corrected chi connectivity index (χ0v) is 17.5. The summed E-state index contributed by atoms with van der Waals surface area (Å²) in [5.74, 6) is 0.351. The Labute approximate surface area is 160 Å². The van der Waals surface area contributed by atoms with Crippen molar-refractivity contribution in [2.45, 2.75) is 26.3 Å². The predicted octanol–water partition coefficient (Wildman–Crippen LogP) is 1.92. The first kappa shape index (κ1) is 23.1. The van der Waals surface area contributed by atoms with E-state index in [0.717, 1.165) is 11.8 Å². The van der Waals surface area contributed by atoms with Crippen LogP contribution in [0.25, 0.3) is 0 Å². The third-order valence-electron chi connectivity index (χ3n) is 3.28. The van der Waals surface area contributed by atoms with Gasteiger partial charge >= 0.3 is 0 Å². The van der Waals surface area contributed by atoms with Crippen molar-refractivity contribution in [3.63, 3.8) is 0 Å². The van der Waals surface area contributed by atoms with Crippen LogP contribution in [0.2, 0.25) is 0 Å². The number of guanidine groups is 1. The Morgan fingerprint density at radius 2 is 2.00 bits per heavy atom. The highest BCUT2D eigenvalue weighted by molar-refractivity contribution is 14.0. The fraction of sp³-hybridized carbons (Fsp3) is 0.533. The molecule has 0 heterocycles. The first-order valence-electron chi connectivity index (χ1n) is 7.41. The van der Waals surface area contributed by atoms with Gasteiger partial charge in [-0.25, -0.2) is 17.5 Å². The highest BCUT2D eigenvalue weighted by Gasteiger charge is 2.09. The SMILES string of the molecule is CN=C(NCCCNS(C)(=O)=O)NC(C)c1ccc(C)c(F)c1.I. The Kier molecular flexibility index (Phi) is 10.4. The molecule has 24 heavy (non-hydrogen) atoms. The quantitative estimate of drug-likeness (QED) is 0.245. The van der Waals surface area contributed by atoms with Crippen molar-refractivity contribution in [2.24, 2.45) is 4.99 Å². The number of rotatable bonds is 7. The van der Waals surface area contributed by atoms with E-state index >= 15 is 0 Å². The average molecular weight is 472 g/mol. The summed E-state index contributed by atoms with van der Waals surface area (Å²) in [6.45, 7) is 4.57. The fourth-order valence-corrected chi connectivity index (χ4v) is 2.43. The molecule has 1 aromatic carbocycles. The van der Waals surface area contributed by atoms with Crippen molar-refractivity contribution in [3.8, 4) is 0 Å². The Morgan fingerprint density at radius 3 is 2.54 bits per heavy atom. The van der Waals surface area contributed by atoms with Gasteiger partial charge in [0.25, 0.3) is 0 Å². The number of halogens is 2. The Bertz CT molecular complexity index is 653. The molecule has 0 amide bonds. The lowest BCUT2D eigenvalue weighted by atomic mass is 10.1. The first-order valence-corrected chi connectivity index (χ1v) is 9.30. The molecule has 0 aromatic heterocycles. The summed E-state index contributed by atoms with van der Waals surface area (Å²) in [6.07, 6.45) is 1.75. The molecular formula is C15H26FIN4O2S. The molecule has 1 unspecified atom stereocenters. The van der Waals surface area contributed by atoms with E-state index in [-0.39, 0.29) is 35.8 Å². The zero-order valence-electron chi connectivity index (χ0n) is 14.4. The standard InChI is InChI=1S/C15H25FN4O2S.HI/c1-11-6-7-13(10-14(11)16)12(2)20-15(17-3)18-8-5-9-19-23(4,21)22;/h6-7,10,12,19H,5,8-9H2,1-4H3,(H2,17,18,20);1H. The van der Waals surface area contributed by atoms with Gasteiger partial charge in [-0.1, -0.05) is 12.1 Å². The van der Waals surface area contributed by atoms with E-state index in [1.807, 2.05) is 13.0 Å². The second kappa shape index (κ2) is 10.8. The van der Waals surface area contributed by atoms with Gasteiger partial charge in [0.2, 0.25) is 10.0 Å². The van der Waals surface area contributed by atoms with E-state index < -0.39 is 10.0 Å². The van der Waals surface area contributed by atoms with E-state index in [2.05, 4.69) is 20.3 Å². The lowest BCUT2D eigenvalue weighted by Crippen LogP contribution is -2.40.